The van der Waals surface area contributed by atoms with Crippen molar-refractivity contribution in [3.05, 3.63) is 66.1 Å². The zero-order valence-corrected chi connectivity index (χ0v) is 14.4. The summed E-state index contributed by atoms with van der Waals surface area (Å²) in [6.07, 6.45) is 1.27. The van der Waals surface area contributed by atoms with Gasteiger partial charge >= 0.3 is 0 Å². The van der Waals surface area contributed by atoms with E-state index in [2.05, 4.69) is 10.3 Å². The number of primary sulfonamides is 1. The second kappa shape index (κ2) is 6.98. The van der Waals surface area contributed by atoms with E-state index in [1.54, 1.807) is 36.4 Å². The first-order valence-corrected chi connectivity index (χ1v) is 9.09. The van der Waals surface area contributed by atoms with Crippen LogP contribution in [0, 0.1) is 0 Å². The predicted molar refractivity (Wildman–Crippen MR) is 95.3 cm³/mol. The van der Waals surface area contributed by atoms with Gasteiger partial charge in [-0.15, -0.1) is 0 Å². The molecular formula is C17H16N4O4S. The first-order valence-electron chi connectivity index (χ1n) is 7.54. The molecule has 0 saturated heterocycles. The predicted octanol–water partition coefficient (Wildman–Crippen LogP) is 1.50. The van der Waals surface area contributed by atoms with E-state index in [4.69, 9.17) is 15.3 Å². The van der Waals surface area contributed by atoms with Crippen LogP contribution in [-0.2, 0) is 16.6 Å². The van der Waals surface area contributed by atoms with Crippen LogP contribution in [0.4, 0.5) is 5.69 Å². The fraction of sp³-hybridized carbons (Fsp3) is 0.0588. The number of oxazole rings is 1. The lowest BCUT2D eigenvalue weighted by molar-refractivity contribution is 0.0946. The monoisotopic (exact) mass is 372 g/mol. The van der Waals surface area contributed by atoms with Crippen LogP contribution < -0.4 is 16.2 Å². The molecule has 0 unspecified atom stereocenters. The van der Waals surface area contributed by atoms with E-state index in [1.165, 1.54) is 18.4 Å². The molecule has 0 aliphatic rings. The molecule has 26 heavy (non-hydrogen) atoms. The van der Waals surface area contributed by atoms with Gasteiger partial charge in [0.1, 0.15) is 6.26 Å². The van der Waals surface area contributed by atoms with Crippen LogP contribution in [0.5, 0.6) is 0 Å². The first kappa shape index (κ1) is 17.6. The average Bonchev–Trinajstić information content (AvgIpc) is 3.10. The highest BCUT2D eigenvalue weighted by Crippen LogP contribution is 2.20. The van der Waals surface area contributed by atoms with Crippen molar-refractivity contribution in [2.45, 2.75) is 11.4 Å². The van der Waals surface area contributed by atoms with Gasteiger partial charge in [0.25, 0.3) is 5.91 Å². The average molecular weight is 372 g/mol. The highest BCUT2D eigenvalue weighted by atomic mass is 32.2. The van der Waals surface area contributed by atoms with Crippen LogP contribution >= 0.6 is 0 Å². The third-order valence-electron chi connectivity index (χ3n) is 3.60. The lowest BCUT2D eigenvalue weighted by atomic mass is 10.2. The molecule has 2 aromatic carbocycles. The second-order valence-corrected chi connectivity index (χ2v) is 7.09. The van der Waals surface area contributed by atoms with Gasteiger partial charge in [-0.1, -0.05) is 12.1 Å². The number of anilines is 1. The normalized spacial score (nSPS) is 11.3. The maximum absolute atomic E-state index is 12.2. The molecule has 0 spiro atoms. The fourth-order valence-corrected chi connectivity index (χ4v) is 2.72. The number of nitrogens with one attached hydrogen (secondary N) is 1. The number of aromatic nitrogens is 1. The number of carbonyl (C=O) groups excluding carboxylic acids is 1. The van der Waals surface area contributed by atoms with Crippen LogP contribution in [0.25, 0.3) is 11.5 Å². The van der Waals surface area contributed by atoms with Gasteiger partial charge < -0.3 is 15.5 Å². The Labute approximate surface area is 149 Å². The molecule has 0 bridgehead atoms. The van der Waals surface area contributed by atoms with Gasteiger partial charge in [0, 0.05) is 17.8 Å². The van der Waals surface area contributed by atoms with E-state index in [1.807, 2.05) is 0 Å². The summed E-state index contributed by atoms with van der Waals surface area (Å²) in [5.74, 6) is -0.0985. The van der Waals surface area contributed by atoms with Crippen LogP contribution in [0.15, 0.2) is 64.1 Å². The van der Waals surface area contributed by atoms with E-state index >= 15 is 0 Å². The number of nitrogens with two attached hydrogens (primary N) is 2. The topological polar surface area (TPSA) is 141 Å². The second-order valence-electron chi connectivity index (χ2n) is 5.53. The van der Waals surface area contributed by atoms with Gasteiger partial charge in [0.15, 0.2) is 5.69 Å². The molecule has 1 heterocycles. The van der Waals surface area contributed by atoms with Crippen molar-refractivity contribution < 1.29 is 17.6 Å². The van der Waals surface area contributed by atoms with Crippen molar-refractivity contribution in [3.63, 3.8) is 0 Å². The Bertz CT molecular complexity index is 1030. The molecule has 0 atom stereocenters. The number of rotatable bonds is 5. The standard InChI is InChI=1S/C17H16N4O4S/c18-13-5-3-12(4-6-13)17-21-15(10-25-17)16(22)20-9-11-1-7-14(8-2-11)26(19,23)24/h1-8,10H,9,18H2,(H,20,22)(H2,19,23,24). The minimum absolute atomic E-state index is 0.0113. The van der Waals surface area contributed by atoms with E-state index in [0.717, 1.165) is 0 Å². The van der Waals surface area contributed by atoms with Crippen molar-refractivity contribution in [2.24, 2.45) is 5.14 Å². The van der Waals surface area contributed by atoms with Crippen molar-refractivity contribution in [3.8, 4) is 11.5 Å². The van der Waals surface area contributed by atoms with Crippen LogP contribution in [0.1, 0.15) is 16.1 Å². The Morgan fingerprint density at radius 2 is 1.73 bits per heavy atom. The smallest absolute Gasteiger partial charge is 0.273 e. The number of carbonyl (C=O) groups is 1. The molecule has 3 rings (SSSR count). The molecule has 8 nitrogen and oxygen atoms in total. The molecule has 0 saturated carbocycles. The van der Waals surface area contributed by atoms with Crippen molar-refractivity contribution in [2.75, 3.05) is 5.73 Å². The molecule has 1 aromatic heterocycles. The Morgan fingerprint density at radius 3 is 2.35 bits per heavy atom. The number of benzene rings is 2. The van der Waals surface area contributed by atoms with Gasteiger partial charge in [-0.2, -0.15) is 0 Å². The largest absolute Gasteiger partial charge is 0.444 e. The summed E-state index contributed by atoms with van der Waals surface area (Å²) in [7, 11) is -3.74. The van der Waals surface area contributed by atoms with Crippen LogP contribution in [0.3, 0.4) is 0 Å². The fourth-order valence-electron chi connectivity index (χ4n) is 2.21. The van der Waals surface area contributed by atoms with E-state index < -0.39 is 15.9 Å². The summed E-state index contributed by atoms with van der Waals surface area (Å²) >= 11 is 0. The number of hydrogen-bond acceptors (Lipinski definition) is 6. The quantitative estimate of drug-likeness (QED) is 0.580. The molecule has 0 fully saturated rings. The van der Waals surface area contributed by atoms with E-state index in [-0.39, 0.29) is 17.1 Å². The lowest BCUT2D eigenvalue weighted by Crippen LogP contribution is -2.23. The Hall–Kier alpha value is -3.17. The van der Waals surface area contributed by atoms with E-state index in [0.29, 0.717) is 22.7 Å². The van der Waals surface area contributed by atoms with E-state index in [9.17, 15) is 13.2 Å². The van der Waals surface area contributed by atoms with Gasteiger partial charge in [-0.05, 0) is 42.0 Å². The van der Waals surface area contributed by atoms with Crippen LogP contribution in [0.2, 0.25) is 0 Å². The minimum atomic E-state index is -3.74. The zero-order valence-electron chi connectivity index (χ0n) is 13.5. The Kier molecular flexibility index (Phi) is 4.74. The third-order valence-corrected chi connectivity index (χ3v) is 4.53. The Morgan fingerprint density at radius 1 is 1.08 bits per heavy atom. The summed E-state index contributed by atoms with van der Waals surface area (Å²) in [6.45, 7) is 0.202. The molecule has 5 N–H and O–H groups in total. The van der Waals surface area contributed by atoms with Crippen molar-refractivity contribution in [1.82, 2.24) is 10.3 Å². The SMILES string of the molecule is Nc1ccc(-c2nc(C(=O)NCc3ccc(S(N)(=O)=O)cc3)co2)cc1. The minimum Gasteiger partial charge on any atom is -0.444 e. The number of sulfonamides is 1. The number of nitrogens with zero attached hydrogens (tertiary/aromatic N) is 1. The molecule has 0 radical (unpaired) electrons. The maximum Gasteiger partial charge on any atom is 0.273 e. The third kappa shape index (κ3) is 4.08. The zero-order chi connectivity index (χ0) is 18.7. The maximum atomic E-state index is 12.2. The number of amides is 1. The lowest BCUT2D eigenvalue weighted by Gasteiger charge is -2.04. The molecule has 3 aromatic rings. The summed E-state index contributed by atoms with van der Waals surface area (Å²) in [5, 5.41) is 7.73. The highest BCUT2D eigenvalue weighted by Gasteiger charge is 2.13. The summed E-state index contributed by atoms with van der Waals surface area (Å²) in [4.78, 5) is 16.3. The summed E-state index contributed by atoms with van der Waals surface area (Å²) < 4.78 is 27.8. The number of hydrogen-bond donors (Lipinski definition) is 3. The molecule has 1 amide bonds. The van der Waals surface area contributed by atoms with Gasteiger partial charge in [0.05, 0.1) is 4.90 Å². The summed E-state index contributed by atoms with van der Waals surface area (Å²) in [6, 6.07) is 12.8. The van der Waals surface area contributed by atoms with Gasteiger partial charge in [0.2, 0.25) is 15.9 Å². The van der Waals surface area contributed by atoms with Crippen molar-refractivity contribution in [1.29, 1.82) is 0 Å². The summed E-state index contributed by atoms with van der Waals surface area (Å²) in [5.41, 5.74) is 7.81. The molecule has 9 heteroatoms. The van der Waals surface area contributed by atoms with Crippen molar-refractivity contribution >= 4 is 21.6 Å². The highest BCUT2D eigenvalue weighted by molar-refractivity contribution is 7.89. The molecule has 134 valence electrons. The first-order chi connectivity index (χ1) is 12.3. The van der Waals surface area contributed by atoms with Gasteiger partial charge in [-0.3, -0.25) is 4.79 Å². The van der Waals surface area contributed by atoms with Crippen LogP contribution in [-0.4, -0.2) is 19.3 Å². The molecule has 0 aliphatic carbocycles. The molecule has 0 aliphatic heterocycles. The van der Waals surface area contributed by atoms with Gasteiger partial charge in [-0.25, -0.2) is 18.5 Å². The Balaban J connectivity index is 1.64. The number of nitrogen functional groups attached to an aromatic ring is 1. The molecular weight excluding hydrogens is 356 g/mol.